The summed E-state index contributed by atoms with van der Waals surface area (Å²) in [6.45, 7) is 7.99. The molecule has 0 radical (unpaired) electrons. The second kappa shape index (κ2) is 8.47. The van der Waals surface area contributed by atoms with Crippen molar-refractivity contribution in [2.24, 2.45) is 5.92 Å². The van der Waals surface area contributed by atoms with Crippen LogP contribution in [0.25, 0.3) is 0 Å². The minimum absolute atomic E-state index is 0.0671. The SMILES string of the molecule is CNCc1c(S(=O)(=O)NCCCOCC(C)C)n[nH]c1C. The Morgan fingerprint density at radius 2 is 2.10 bits per heavy atom. The largest absolute Gasteiger partial charge is 0.381 e. The maximum Gasteiger partial charge on any atom is 0.260 e. The number of nitrogens with zero attached hydrogens (tertiary/aromatic N) is 1. The highest BCUT2D eigenvalue weighted by Crippen LogP contribution is 2.15. The van der Waals surface area contributed by atoms with Crippen LogP contribution in [-0.2, 0) is 21.3 Å². The summed E-state index contributed by atoms with van der Waals surface area (Å²) >= 11 is 0. The lowest BCUT2D eigenvalue weighted by molar-refractivity contribution is 0.108. The molecular formula is C13H26N4O3S. The van der Waals surface area contributed by atoms with Crippen molar-refractivity contribution < 1.29 is 13.2 Å². The second-order valence-electron chi connectivity index (χ2n) is 5.38. The van der Waals surface area contributed by atoms with Gasteiger partial charge in [0.05, 0.1) is 0 Å². The number of aromatic amines is 1. The lowest BCUT2D eigenvalue weighted by Gasteiger charge is -2.08. The maximum absolute atomic E-state index is 12.2. The predicted octanol–water partition coefficient (Wildman–Crippen LogP) is 0.779. The summed E-state index contributed by atoms with van der Waals surface area (Å²) in [5.41, 5.74) is 1.42. The second-order valence-corrected chi connectivity index (χ2v) is 7.06. The van der Waals surface area contributed by atoms with Gasteiger partial charge in [-0.25, -0.2) is 13.1 Å². The van der Waals surface area contributed by atoms with E-state index < -0.39 is 10.0 Å². The molecule has 1 aromatic heterocycles. The Kier molecular flexibility index (Phi) is 7.30. The number of hydrogen-bond donors (Lipinski definition) is 3. The minimum atomic E-state index is -3.58. The van der Waals surface area contributed by atoms with Crippen molar-refractivity contribution in [3.05, 3.63) is 11.3 Å². The van der Waals surface area contributed by atoms with Gasteiger partial charge in [0, 0.05) is 37.6 Å². The van der Waals surface area contributed by atoms with Crippen LogP contribution in [0.5, 0.6) is 0 Å². The number of sulfonamides is 1. The fourth-order valence-corrected chi connectivity index (χ4v) is 3.07. The van der Waals surface area contributed by atoms with Gasteiger partial charge >= 0.3 is 0 Å². The zero-order valence-corrected chi connectivity index (χ0v) is 14.0. The summed E-state index contributed by atoms with van der Waals surface area (Å²) < 4.78 is 32.4. The first-order valence-corrected chi connectivity index (χ1v) is 8.62. The van der Waals surface area contributed by atoms with Crippen LogP contribution in [0.1, 0.15) is 31.5 Å². The zero-order chi connectivity index (χ0) is 15.9. The molecule has 21 heavy (non-hydrogen) atoms. The highest BCUT2D eigenvalue weighted by molar-refractivity contribution is 7.89. The Morgan fingerprint density at radius 3 is 2.71 bits per heavy atom. The van der Waals surface area contributed by atoms with Gasteiger partial charge in [-0.05, 0) is 26.3 Å². The van der Waals surface area contributed by atoms with Crippen molar-refractivity contribution in [3.8, 4) is 0 Å². The molecule has 7 nitrogen and oxygen atoms in total. The first-order chi connectivity index (χ1) is 9.88. The lowest BCUT2D eigenvalue weighted by atomic mass is 10.2. The summed E-state index contributed by atoms with van der Waals surface area (Å²) in [6, 6.07) is 0. The van der Waals surface area contributed by atoms with E-state index in [1.807, 2.05) is 0 Å². The molecule has 1 aromatic rings. The van der Waals surface area contributed by atoms with Gasteiger partial charge in [0.2, 0.25) is 0 Å². The van der Waals surface area contributed by atoms with Crippen molar-refractivity contribution in [2.45, 2.75) is 38.8 Å². The number of H-pyrrole nitrogens is 1. The van der Waals surface area contributed by atoms with E-state index in [-0.39, 0.29) is 5.03 Å². The van der Waals surface area contributed by atoms with Gasteiger partial charge in [0.1, 0.15) is 0 Å². The van der Waals surface area contributed by atoms with E-state index in [2.05, 4.69) is 34.1 Å². The maximum atomic E-state index is 12.2. The van der Waals surface area contributed by atoms with E-state index in [9.17, 15) is 8.42 Å². The Morgan fingerprint density at radius 1 is 1.38 bits per heavy atom. The smallest absolute Gasteiger partial charge is 0.260 e. The third-order valence-corrected chi connectivity index (χ3v) is 4.28. The standard InChI is InChI=1S/C13H26N4O3S/c1-10(2)9-20-7-5-6-15-21(18,19)13-12(8-14-4)11(3)16-17-13/h10,14-15H,5-9H2,1-4H3,(H,16,17). The molecule has 0 fully saturated rings. The van der Waals surface area contributed by atoms with Crippen LogP contribution in [-0.4, -0.2) is 45.4 Å². The molecule has 0 atom stereocenters. The van der Waals surface area contributed by atoms with Crippen molar-refractivity contribution >= 4 is 10.0 Å². The van der Waals surface area contributed by atoms with Crippen LogP contribution in [0.3, 0.4) is 0 Å². The van der Waals surface area contributed by atoms with E-state index >= 15 is 0 Å². The van der Waals surface area contributed by atoms with Gasteiger partial charge in [0.25, 0.3) is 10.0 Å². The molecule has 0 aromatic carbocycles. The predicted molar refractivity (Wildman–Crippen MR) is 81.6 cm³/mol. The summed E-state index contributed by atoms with van der Waals surface area (Å²) in [7, 11) is -1.82. The lowest BCUT2D eigenvalue weighted by Crippen LogP contribution is -2.27. The molecule has 0 unspecified atom stereocenters. The summed E-state index contributed by atoms with van der Waals surface area (Å²) in [6.07, 6.45) is 0.636. The number of aryl methyl sites for hydroxylation is 1. The molecule has 0 spiro atoms. The first-order valence-electron chi connectivity index (χ1n) is 7.14. The van der Waals surface area contributed by atoms with Gasteiger partial charge < -0.3 is 10.1 Å². The topological polar surface area (TPSA) is 96.1 Å². The van der Waals surface area contributed by atoms with E-state index in [0.29, 0.717) is 44.2 Å². The molecule has 0 amide bonds. The molecule has 3 N–H and O–H groups in total. The van der Waals surface area contributed by atoms with Gasteiger partial charge in [-0.2, -0.15) is 5.10 Å². The number of nitrogens with one attached hydrogen (secondary N) is 3. The number of rotatable bonds is 10. The third-order valence-electron chi connectivity index (χ3n) is 2.85. The quantitative estimate of drug-likeness (QED) is 0.554. The van der Waals surface area contributed by atoms with Gasteiger partial charge in [-0.15, -0.1) is 0 Å². The first kappa shape index (κ1) is 18.1. The fourth-order valence-electron chi connectivity index (χ4n) is 1.81. The Labute approximate surface area is 126 Å². The summed E-state index contributed by atoms with van der Waals surface area (Å²) in [5, 5.41) is 9.63. The van der Waals surface area contributed by atoms with E-state index in [1.165, 1.54) is 0 Å². The molecule has 0 bridgehead atoms. The van der Waals surface area contributed by atoms with Gasteiger partial charge in [-0.3, -0.25) is 5.10 Å². The van der Waals surface area contributed by atoms with Crippen molar-refractivity contribution in [1.82, 2.24) is 20.2 Å². The third kappa shape index (κ3) is 5.74. The molecule has 0 aliphatic heterocycles. The highest BCUT2D eigenvalue weighted by Gasteiger charge is 2.22. The average Bonchev–Trinajstić information content (AvgIpc) is 2.76. The minimum Gasteiger partial charge on any atom is -0.381 e. The molecule has 0 saturated heterocycles. The Bertz CT molecular complexity index is 526. The molecule has 0 aliphatic carbocycles. The van der Waals surface area contributed by atoms with Crippen LogP contribution >= 0.6 is 0 Å². The van der Waals surface area contributed by atoms with Crippen LogP contribution in [0.2, 0.25) is 0 Å². The van der Waals surface area contributed by atoms with E-state index in [1.54, 1.807) is 14.0 Å². The molecule has 8 heteroatoms. The van der Waals surface area contributed by atoms with Crippen LogP contribution in [0.4, 0.5) is 0 Å². The van der Waals surface area contributed by atoms with Crippen LogP contribution in [0.15, 0.2) is 5.03 Å². The van der Waals surface area contributed by atoms with Crippen LogP contribution in [0, 0.1) is 12.8 Å². The van der Waals surface area contributed by atoms with E-state index in [0.717, 1.165) is 5.69 Å². The van der Waals surface area contributed by atoms with Gasteiger partial charge in [-0.1, -0.05) is 13.8 Å². The van der Waals surface area contributed by atoms with Crippen molar-refractivity contribution in [3.63, 3.8) is 0 Å². The molecule has 0 aliphatic rings. The summed E-state index contributed by atoms with van der Waals surface area (Å²) in [5.74, 6) is 0.484. The summed E-state index contributed by atoms with van der Waals surface area (Å²) in [4.78, 5) is 0. The average molecular weight is 318 g/mol. The number of hydrogen-bond acceptors (Lipinski definition) is 5. The van der Waals surface area contributed by atoms with Crippen LogP contribution < -0.4 is 10.0 Å². The monoisotopic (exact) mass is 318 g/mol. The highest BCUT2D eigenvalue weighted by atomic mass is 32.2. The Hall–Kier alpha value is -0.960. The zero-order valence-electron chi connectivity index (χ0n) is 13.2. The number of ether oxygens (including phenoxy) is 1. The number of aromatic nitrogens is 2. The normalized spacial score (nSPS) is 12.2. The van der Waals surface area contributed by atoms with Crippen molar-refractivity contribution in [1.29, 1.82) is 0 Å². The molecule has 1 heterocycles. The van der Waals surface area contributed by atoms with Crippen molar-refractivity contribution in [2.75, 3.05) is 26.8 Å². The molecular weight excluding hydrogens is 292 g/mol. The fraction of sp³-hybridized carbons (Fsp3) is 0.769. The Balaban J connectivity index is 2.50. The van der Waals surface area contributed by atoms with E-state index in [4.69, 9.17) is 4.74 Å². The molecule has 0 saturated carbocycles. The molecule has 1 rings (SSSR count). The molecule has 122 valence electrons. The van der Waals surface area contributed by atoms with Gasteiger partial charge in [0.15, 0.2) is 5.03 Å².